The van der Waals surface area contributed by atoms with Crippen molar-refractivity contribution in [2.24, 2.45) is 0 Å². The molecule has 0 radical (unpaired) electrons. The van der Waals surface area contributed by atoms with E-state index in [4.69, 9.17) is 9.52 Å². The molecule has 0 fully saturated rings. The monoisotopic (exact) mass is 269 g/mol. The van der Waals surface area contributed by atoms with Gasteiger partial charge in [-0.05, 0) is 11.6 Å². The zero-order valence-electron chi connectivity index (χ0n) is 10.4. The SMILES string of the molecule is O=C(O)c1coc(NCc2cccc3cccnc23)n1. The highest BCUT2D eigenvalue weighted by Gasteiger charge is 2.10. The molecule has 3 aromatic rings. The largest absolute Gasteiger partial charge is 0.476 e. The summed E-state index contributed by atoms with van der Waals surface area (Å²) in [5.74, 6) is -1.12. The third-order valence-electron chi connectivity index (χ3n) is 2.87. The Kier molecular flexibility index (Phi) is 3.04. The lowest BCUT2D eigenvalue weighted by atomic mass is 10.1. The molecule has 0 atom stereocenters. The van der Waals surface area contributed by atoms with E-state index in [2.05, 4.69) is 15.3 Å². The number of nitrogens with zero attached hydrogens (tertiary/aromatic N) is 2. The number of anilines is 1. The predicted octanol–water partition coefficient (Wildman–Crippen LogP) is 2.53. The first-order valence-corrected chi connectivity index (χ1v) is 5.99. The zero-order valence-corrected chi connectivity index (χ0v) is 10.4. The number of nitrogens with one attached hydrogen (secondary N) is 1. The number of aromatic carboxylic acids is 1. The fourth-order valence-electron chi connectivity index (χ4n) is 1.93. The van der Waals surface area contributed by atoms with Gasteiger partial charge >= 0.3 is 5.97 Å². The molecule has 0 aliphatic heterocycles. The molecule has 1 aromatic carbocycles. The molecule has 100 valence electrons. The molecule has 0 aliphatic carbocycles. The molecule has 0 unspecified atom stereocenters. The van der Waals surface area contributed by atoms with Crippen LogP contribution in [0, 0.1) is 0 Å². The van der Waals surface area contributed by atoms with Crippen LogP contribution in [0.25, 0.3) is 10.9 Å². The fraction of sp³-hybridized carbons (Fsp3) is 0.0714. The van der Waals surface area contributed by atoms with Gasteiger partial charge in [0.05, 0.1) is 5.52 Å². The number of hydrogen-bond donors (Lipinski definition) is 2. The van der Waals surface area contributed by atoms with Gasteiger partial charge in [-0.2, -0.15) is 4.98 Å². The van der Waals surface area contributed by atoms with E-state index in [0.717, 1.165) is 22.7 Å². The summed E-state index contributed by atoms with van der Waals surface area (Å²) in [5.41, 5.74) is 1.76. The number of carboxylic acid groups (broad SMARTS) is 1. The molecule has 2 N–H and O–H groups in total. The van der Waals surface area contributed by atoms with Crippen LogP contribution in [0.2, 0.25) is 0 Å². The minimum absolute atomic E-state index is 0.122. The van der Waals surface area contributed by atoms with Crippen molar-refractivity contribution in [3.8, 4) is 0 Å². The molecule has 0 saturated heterocycles. The molecule has 0 amide bonds. The average Bonchev–Trinajstić information content (AvgIpc) is 2.94. The van der Waals surface area contributed by atoms with Crippen LogP contribution in [0.1, 0.15) is 16.1 Å². The predicted molar refractivity (Wildman–Crippen MR) is 72.5 cm³/mol. The Balaban J connectivity index is 1.81. The Bertz CT molecular complexity index is 762. The smallest absolute Gasteiger partial charge is 0.357 e. The molecule has 0 aliphatic rings. The number of pyridine rings is 1. The maximum Gasteiger partial charge on any atom is 0.357 e. The number of carboxylic acids is 1. The zero-order chi connectivity index (χ0) is 13.9. The van der Waals surface area contributed by atoms with E-state index in [1.54, 1.807) is 6.20 Å². The third kappa shape index (κ3) is 2.31. The second kappa shape index (κ2) is 5.00. The van der Waals surface area contributed by atoms with Crippen LogP contribution in [-0.2, 0) is 6.54 Å². The highest BCUT2D eigenvalue weighted by molar-refractivity contribution is 5.85. The summed E-state index contributed by atoms with van der Waals surface area (Å²) in [5, 5.41) is 12.8. The van der Waals surface area contributed by atoms with Crippen molar-refractivity contribution in [1.82, 2.24) is 9.97 Å². The molecule has 0 bridgehead atoms. The van der Waals surface area contributed by atoms with Crippen LogP contribution in [0.4, 0.5) is 6.01 Å². The summed E-state index contributed by atoms with van der Waals surface area (Å²) in [4.78, 5) is 18.9. The van der Waals surface area contributed by atoms with Crippen molar-refractivity contribution >= 4 is 22.9 Å². The van der Waals surface area contributed by atoms with E-state index in [9.17, 15) is 4.79 Å². The Morgan fingerprint density at radius 2 is 2.15 bits per heavy atom. The van der Waals surface area contributed by atoms with E-state index in [0.29, 0.717) is 6.54 Å². The van der Waals surface area contributed by atoms with Crippen LogP contribution in [-0.4, -0.2) is 21.0 Å². The second-order valence-electron chi connectivity index (χ2n) is 4.19. The summed E-state index contributed by atoms with van der Waals surface area (Å²) >= 11 is 0. The van der Waals surface area contributed by atoms with E-state index in [1.165, 1.54) is 0 Å². The molecule has 6 nitrogen and oxygen atoms in total. The Morgan fingerprint density at radius 3 is 2.95 bits per heavy atom. The van der Waals surface area contributed by atoms with Crippen LogP contribution in [0.5, 0.6) is 0 Å². The van der Waals surface area contributed by atoms with Gasteiger partial charge in [0, 0.05) is 18.1 Å². The van der Waals surface area contributed by atoms with Crippen LogP contribution in [0.15, 0.2) is 47.2 Å². The maximum atomic E-state index is 10.7. The summed E-state index contributed by atoms with van der Waals surface area (Å²) in [6.45, 7) is 0.452. The highest BCUT2D eigenvalue weighted by atomic mass is 16.4. The van der Waals surface area contributed by atoms with Crippen LogP contribution >= 0.6 is 0 Å². The summed E-state index contributed by atoms with van der Waals surface area (Å²) in [6, 6.07) is 9.92. The Hall–Kier alpha value is -2.89. The van der Waals surface area contributed by atoms with Gasteiger partial charge in [0.15, 0.2) is 5.69 Å². The van der Waals surface area contributed by atoms with Gasteiger partial charge in [0.25, 0.3) is 6.01 Å². The average molecular weight is 269 g/mol. The lowest BCUT2D eigenvalue weighted by molar-refractivity contribution is 0.0690. The number of aromatic nitrogens is 2. The number of rotatable bonds is 4. The molecule has 20 heavy (non-hydrogen) atoms. The number of benzene rings is 1. The van der Waals surface area contributed by atoms with Gasteiger partial charge in [0.2, 0.25) is 0 Å². The molecule has 2 aromatic heterocycles. The molecular formula is C14H11N3O3. The van der Waals surface area contributed by atoms with Crippen molar-refractivity contribution in [1.29, 1.82) is 0 Å². The van der Waals surface area contributed by atoms with Gasteiger partial charge in [-0.1, -0.05) is 24.3 Å². The molecule has 2 heterocycles. The first-order valence-electron chi connectivity index (χ1n) is 5.99. The van der Waals surface area contributed by atoms with E-state index < -0.39 is 5.97 Å². The lowest BCUT2D eigenvalue weighted by Crippen LogP contribution is -2.02. The Morgan fingerprint density at radius 1 is 1.30 bits per heavy atom. The first kappa shape index (κ1) is 12.2. The van der Waals surface area contributed by atoms with Crippen LogP contribution < -0.4 is 5.32 Å². The van der Waals surface area contributed by atoms with Crippen molar-refractivity contribution in [2.45, 2.75) is 6.54 Å². The lowest BCUT2D eigenvalue weighted by Gasteiger charge is -2.05. The normalized spacial score (nSPS) is 10.6. The fourth-order valence-corrected chi connectivity index (χ4v) is 1.93. The van der Waals surface area contributed by atoms with Crippen molar-refractivity contribution in [3.05, 3.63) is 54.0 Å². The number of oxazole rings is 1. The maximum absolute atomic E-state index is 10.7. The molecular weight excluding hydrogens is 258 g/mol. The summed E-state index contributed by atoms with van der Waals surface area (Å²) in [6.07, 6.45) is 2.84. The van der Waals surface area contributed by atoms with Crippen molar-refractivity contribution in [3.63, 3.8) is 0 Å². The van der Waals surface area contributed by atoms with Crippen LogP contribution in [0.3, 0.4) is 0 Å². The van der Waals surface area contributed by atoms with E-state index >= 15 is 0 Å². The summed E-state index contributed by atoms with van der Waals surface area (Å²) in [7, 11) is 0. The molecule has 6 heteroatoms. The highest BCUT2D eigenvalue weighted by Crippen LogP contribution is 2.17. The molecule has 3 rings (SSSR count). The standard InChI is InChI=1S/C14H11N3O3/c18-13(19)11-8-20-14(17-11)16-7-10-4-1-3-9-5-2-6-15-12(9)10/h1-6,8H,7H2,(H,16,17)(H,18,19). The number of fused-ring (bicyclic) bond motifs is 1. The Labute approximate surface area is 114 Å². The second-order valence-corrected chi connectivity index (χ2v) is 4.19. The quantitative estimate of drug-likeness (QED) is 0.756. The van der Waals surface area contributed by atoms with Crippen molar-refractivity contribution < 1.29 is 14.3 Å². The number of hydrogen-bond acceptors (Lipinski definition) is 5. The number of carbonyl (C=O) groups is 1. The minimum atomic E-state index is -1.12. The van der Waals surface area contributed by atoms with Gasteiger partial charge in [-0.25, -0.2) is 4.79 Å². The summed E-state index contributed by atoms with van der Waals surface area (Å²) < 4.78 is 5.04. The van der Waals surface area contributed by atoms with Gasteiger partial charge < -0.3 is 14.8 Å². The molecule has 0 spiro atoms. The molecule has 0 saturated carbocycles. The van der Waals surface area contributed by atoms with E-state index in [-0.39, 0.29) is 11.7 Å². The van der Waals surface area contributed by atoms with E-state index in [1.807, 2.05) is 30.3 Å². The van der Waals surface area contributed by atoms with Crippen molar-refractivity contribution in [2.75, 3.05) is 5.32 Å². The topological polar surface area (TPSA) is 88.2 Å². The van der Waals surface area contributed by atoms with Gasteiger partial charge in [0.1, 0.15) is 6.26 Å². The third-order valence-corrected chi connectivity index (χ3v) is 2.87. The van der Waals surface area contributed by atoms with Gasteiger partial charge in [-0.3, -0.25) is 4.98 Å². The van der Waals surface area contributed by atoms with Gasteiger partial charge in [-0.15, -0.1) is 0 Å². The number of para-hydroxylation sites is 1. The minimum Gasteiger partial charge on any atom is -0.476 e. The first-order chi connectivity index (χ1) is 9.74.